The number of hydrogen-bond acceptors (Lipinski definition) is 7. The summed E-state index contributed by atoms with van der Waals surface area (Å²) in [5, 5.41) is 13.0. The number of ketones is 1. The fourth-order valence-electron chi connectivity index (χ4n) is 3.55. The topological polar surface area (TPSA) is 79.3 Å². The number of rotatable bonds is 8. The summed E-state index contributed by atoms with van der Waals surface area (Å²) >= 11 is 1.45. The largest absolute Gasteiger partial charge is 0.507 e. The average Bonchev–Trinajstić information content (AvgIpc) is 3.35. The Morgan fingerprint density at radius 1 is 1.20 bits per heavy atom. The van der Waals surface area contributed by atoms with Crippen LogP contribution in [0.2, 0.25) is 0 Å². The summed E-state index contributed by atoms with van der Waals surface area (Å²) in [5.41, 5.74) is 0.418. The van der Waals surface area contributed by atoms with Gasteiger partial charge in [-0.25, -0.2) is 0 Å². The van der Waals surface area contributed by atoms with E-state index in [9.17, 15) is 14.7 Å². The number of carbonyl (C=O) groups excluding carboxylic acids is 2. The molecule has 1 fully saturated rings. The molecule has 30 heavy (non-hydrogen) atoms. The molecule has 1 aromatic carbocycles. The molecule has 160 valence electrons. The molecule has 2 aromatic rings. The zero-order chi connectivity index (χ0) is 21.8. The molecule has 1 aliphatic rings. The second kappa shape index (κ2) is 9.32. The van der Waals surface area contributed by atoms with Gasteiger partial charge < -0.3 is 24.4 Å². The molecule has 1 saturated heterocycles. The van der Waals surface area contributed by atoms with Crippen LogP contribution in [0, 0.1) is 0 Å². The van der Waals surface area contributed by atoms with Crippen LogP contribution in [0.3, 0.4) is 0 Å². The summed E-state index contributed by atoms with van der Waals surface area (Å²) < 4.78 is 10.6. The highest BCUT2D eigenvalue weighted by Gasteiger charge is 2.46. The van der Waals surface area contributed by atoms with E-state index in [1.165, 1.54) is 25.6 Å². The second-order valence-electron chi connectivity index (χ2n) is 7.23. The summed E-state index contributed by atoms with van der Waals surface area (Å²) in [6.45, 7) is 1.20. The number of carbonyl (C=O) groups is 2. The summed E-state index contributed by atoms with van der Waals surface area (Å²) in [4.78, 5) is 30.2. The summed E-state index contributed by atoms with van der Waals surface area (Å²) in [6, 6.07) is 8.04. The lowest BCUT2D eigenvalue weighted by molar-refractivity contribution is -0.139. The van der Waals surface area contributed by atoms with E-state index >= 15 is 0 Å². The Kier molecular flexibility index (Phi) is 6.79. The van der Waals surface area contributed by atoms with E-state index in [1.807, 2.05) is 36.5 Å². The van der Waals surface area contributed by atoms with Crippen LogP contribution in [-0.4, -0.2) is 68.0 Å². The number of thiophene rings is 1. The molecule has 1 amide bonds. The Balaban J connectivity index is 2.09. The first-order valence-corrected chi connectivity index (χ1v) is 10.5. The summed E-state index contributed by atoms with van der Waals surface area (Å²) in [5.74, 6) is -0.617. The number of amides is 1. The first-order valence-electron chi connectivity index (χ1n) is 9.58. The van der Waals surface area contributed by atoms with E-state index in [4.69, 9.17) is 9.47 Å². The van der Waals surface area contributed by atoms with E-state index in [2.05, 4.69) is 0 Å². The third-order valence-electron chi connectivity index (χ3n) is 5.02. The van der Waals surface area contributed by atoms with Crippen molar-refractivity contribution in [3.63, 3.8) is 0 Å². The van der Waals surface area contributed by atoms with Gasteiger partial charge in [0, 0.05) is 17.5 Å². The molecule has 0 aliphatic carbocycles. The van der Waals surface area contributed by atoms with Gasteiger partial charge in [-0.05, 0) is 50.6 Å². The fourth-order valence-corrected chi connectivity index (χ4v) is 4.40. The molecule has 1 aliphatic heterocycles. The van der Waals surface area contributed by atoms with Gasteiger partial charge in [-0.2, -0.15) is 0 Å². The normalized spacial score (nSPS) is 18.3. The van der Waals surface area contributed by atoms with Gasteiger partial charge >= 0.3 is 0 Å². The van der Waals surface area contributed by atoms with E-state index in [-0.39, 0.29) is 11.3 Å². The quantitative estimate of drug-likeness (QED) is 0.394. The molecule has 7 nitrogen and oxygen atoms in total. The van der Waals surface area contributed by atoms with Gasteiger partial charge in [-0.1, -0.05) is 6.07 Å². The zero-order valence-electron chi connectivity index (χ0n) is 17.5. The lowest BCUT2D eigenvalue weighted by Gasteiger charge is -2.24. The smallest absolute Gasteiger partial charge is 0.295 e. The van der Waals surface area contributed by atoms with Crippen molar-refractivity contribution < 1.29 is 24.2 Å². The highest BCUT2D eigenvalue weighted by molar-refractivity contribution is 7.10. The van der Waals surface area contributed by atoms with Crippen LogP contribution in [0.4, 0.5) is 0 Å². The van der Waals surface area contributed by atoms with Gasteiger partial charge in [-0.3, -0.25) is 9.59 Å². The molecule has 0 bridgehead atoms. The van der Waals surface area contributed by atoms with Crippen LogP contribution in [0.1, 0.15) is 22.9 Å². The number of benzene rings is 1. The van der Waals surface area contributed by atoms with Crippen LogP contribution < -0.4 is 9.47 Å². The highest BCUT2D eigenvalue weighted by Crippen LogP contribution is 2.42. The van der Waals surface area contributed by atoms with Crippen LogP contribution in [0.15, 0.2) is 41.3 Å². The van der Waals surface area contributed by atoms with Crippen molar-refractivity contribution in [1.29, 1.82) is 0 Å². The Bertz CT molecular complexity index is 952. The second-order valence-corrected chi connectivity index (χ2v) is 8.21. The predicted molar refractivity (Wildman–Crippen MR) is 116 cm³/mol. The third-order valence-corrected chi connectivity index (χ3v) is 5.95. The number of Topliss-reactive ketones (excluding diaryl/α,β-unsaturated/α-hetero) is 1. The van der Waals surface area contributed by atoms with Crippen LogP contribution in [-0.2, 0) is 9.59 Å². The van der Waals surface area contributed by atoms with E-state index in [0.717, 1.165) is 11.4 Å². The van der Waals surface area contributed by atoms with Crippen molar-refractivity contribution in [2.75, 3.05) is 41.4 Å². The van der Waals surface area contributed by atoms with Crippen molar-refractivity contribution in [3.05, 3.63) is 51.7 Å². The SMILES string of the molecule is COc1ccc(/C(O)=C2\C(=O)C(=O)N(CCCN(C)C)[C@H]2c2cccs2)c(OC)c1. The number of hydrogen-bond donors (Lipinski definition) is 1. The van der Waals surface area contributed by atoms with Gasteiger partial charge in [0.1, 0.15) is 17.3 Å². The van der Waals surface area contributed by atoms with Crippen LogP contribution in [0.25, 0.3) is 5.76 Å². The standard InChI is InChI=1S/C22H26N2O5S/c1-23(2)10-6-11-24-19(17-7-5-12-30-17)18(21(26)22(24)27)20(25)15-9-8-14(28-3)13-16(15)29-4/h5,7-9,12-13,19,25H,6,10-11H2,1-4H3/b20-18+/t19-/m0/s1. The predicted octanol–water partition coefficient (Wildman–Crippen LogP) is 3.14. The molecule has 1 atom stereocenters. The molecule has 1 N–H and O–H groups in total. The zero-order valence-corrected chi connectivity index (χ0v) is 18.4. The van der Waals surface area contributed by atoms with Crippen LogP contribution >= 0.6 is 11.3 Å². The number of methoxy groups -OCH3 is 2. The lowest BCUT2D eigenvalue weighted by atomic mass is 9.99. The Morgan fingerprint density at radius 3 is 2.57 bits per heavy atom. The Hall–Kier alpha value is -2.84. The van der Waals surface area contributed by atoms with Crippen LogP contribution in [0.5, 0.6) is 11.5 Å². The third kappa shape index (κ3) is 4.20. The molecule has 0 unspecified atom stereocenters. The molecule has 2 heterocycles. The first-order chi connectivity index (χ1) is 14.4. The molecular weight excluding hydrogens is 404 g/mol. The number of likely N-dealkylation sites (tertiary alicyclic amines) is 1. The average molecular weight is 431 g/mol. The van der Waals surface area contributed by atoms with E-state index in [1.54, 1.807) is 23.1 Å². The number of aliphatic hydroxyl groups is 1. The molecule has 3 rings (SSSR count). The maximum atomic E-state index is 13.0. The van der Waals surface area contributed by atoms with Crippen molar-refractivity contribution in [1.82, 2.24) is 9.80 Å². The van der Waals surface area contributed by atoms with Gasteiger partial charge in [0.15, 0.2) is 0 Å². The van der Waals surface area contributed by atoms with Gasteiger partial charge in [-0.15, -0.1) is 11.3 Å². The number of aliphatic hydroxyl groups excluding tert-OH is 1. The van der Waals surface area contributed by atoms with Crippen molar-refractivity contribution in [2.24, 2.45) is 0 Å². The first kappa shape index (κ1) is 21.9. The van der Waals surface area contributed by atoms with Crippen molar-refractivity contribution in [2.45, 2.75) is 12.5 Å². The molecule has 0 spiro atoms. The Morgan fingerprint density at radius 2 is 1.97 bits per heavy atom. The maximum absolute atomic E-state index is 13.0. The fraction of sp³-hybridized carbons (Fsp3) is 0.364. The number of ether oxygens (including phenoxy) is 2. The minimum atomic E-state index is -0.686. The lowest BCUT2D eigenvalue weighted by Crippen LogP contribution is -2.32. The van der Waals surface area contributed by atoms with E-state index < -0.39 is 17.7 Å². The molecular formula is C22H26N2O5S. The maximum Gasteiger partial charge on any atom is 0.295 e. The van der Waals surface area contributed by atoms with Crippen molar-refractivity contribution >= 4 is 28.8 Å². The monoisotopic (exact) mass is 430 g/mol. The molecule has 8 heteroatoms. The molecule has 0 saturated carbocycles. The molecule has 0 radical (unpaired) electrons. The summed E-state index contributed by atoms with van der Waals surface area (Å²) in [6.07, 6.45) is 0.716. The van der Waals surface area contributed by atoms with Crippen molar-refractivity contribution in [3.8, 4) is 11.5 Å². The van der Waals surface area contributed by atoms with Gasteiger partial charge in [0.2, 0.25) is 0 Å². The number of nitrogens with zero attached hydrogens (tertiary/aromatic N) is 2. The van der Waals surface area contributed by atoms with Gasteiger partial charge in [0.25, 0.3) is 11.7 Å². The Labute approximate surface area is 180 Å². The highest BCUT2D eigenvalue weighted by atomic mass is 32.1. The van der Waals surface area contributed by atoms with Gasteiger partial charge in [0.05, 0.1) is 31.4 Å². The minimum absolute atomic E-state index is 0.0794. The van der Waals surface area contributed by atoms with E-state index in [0.29, 0.717) is 30.0 Å². The molecule has 1 aromatic heterocycles. The minimum Gasteiger partial charge on any atom is -0.507 e. The summed E-state index contributed by atoms with van der Waals surface area (Å²) in [7, 11) is 6.92.